The Morgan fingerprint density at radius 3 is 2.51 bits per heavy atom. The molecule has 0 spiro atoms. The number of nitrogens with two attached hydrogens (primary N) is 1. The highest BCUT2D eigenvalue weighted by Gasteiger charge is 2.13. The number of amides is 1. The molecule has 1 aromatic carbocycles. The van der Waals surface area contributed by atoms with Crippen molar-refractivity contribution in [2.24, 2.45) is 11.7 Å². The van der Waals surface area contributed by atoms with Crippen molar-refractivity contribution in [1.29, 1.82) is 0 Å². The molecule has 3 rings (SSSR count). The molecule has 0 aliphatic carbocycles. The van der Waals surface area contributed by atoms with Gasteiger partial charge in [-0.1, -0.05) is 46.2 Å². The Balaban J connectivity index is 0.000000301. The summed E-state index contributed by atoms with van der Waals surface area (Å²) in [4.78, 5) is 27.0. The van der Waals surface area contributed by atoms with Crippen LogP contribution in [-0.4, -0.2) is 71.7 Å². The smallest absolute Gasteiger partial charge is 0.234 e. The molecule has 9 heteroatoms. The molecule has 1 atom stereocenters. The highest BCUT2D eigenvalue weighted by molar-refractivity contribution is 5.78. The van der Waals surface area contributed by atoms with Crippen LogP contribution in [0, 0.1) is 12.8 Å². The van der Waals surface area contributed by atoms with Gasteiger partial charge in [-0.2, -0.15) is 0 Å². The molecule has 0 aliphatic heterocycles. The van der Waals surface area contributed by atoms with Crippen LogP contribution in [0.1, 0.15) is 64.8 Å². The number of unbranched alkanes of at least 4 members (excludes halogenated alkanes) is 1. The van der Waals surface area contributed by atoms with E-state index in [9.17, 15) is 4.79 Å². The van der Waals surface area contributed by atoms with Crippen molar-refractivity contribution in [3.8, 4) is 11.1 Å². The average molecular weight is 592 g/mol. The highest BCUT2D eigenvalue weighted by atomic mass is 16.5. The molecule has 0 bridgehead atoms. The third kappa shape index (κ3) is 15.1. The zero-order valence-electron chi connectivity index (χ0n) is 26.9. The van der Waals surface area contributed by atoms with Crippen LogP contribution >= 0.6 is 0 Å². The van der Waals surface area contributed by atoms with E-state index in [4.69, 9.17) is 10.5 Å². The number of aromatic nitrogens is 3. The summed E-state index contributed by atoms with van der Waals surface area (Å²) in [5.41, 5.74) is 9.81. The Morgan fingerprint density at radius 1 is 1.02 bits per heavy atom. The molecular formula is C34H53N7O2. The van der Waals surface area contributed by atoms with Crippen LogP contribution in [0.25, 0.3) is 11.1 Å². The van der Waals surface area contributed by atoms with Gasteiger partial charge >= 0.3 is 0 Å². The lowest BCUT2D eigenvalue weighted by molar-refractivity contribution is -0.122. The van der Waals surface area contributed by atoms with Gasteiger partial charge < -0.3 is 21.1 Å². The lowest BCUT2D eigenvalue weighted by Gasteiger charge is -2.24. The standard InChI is InChI=1S/C18H18N4.C16H35N3O2/c1-3-14-5-4-6-17(9-14)22-18-10-15(7-8-19-18)16-11-20-13(2)21-12-16;1-4-6-9-18-16(20)13-19(10-5-2)12-15(3)14-21-11-7-8-17/h4-12H,3H2,1-2H3,(H,19,22);15H,4-14,17H2,1-3H3,(H,18,20). The second kappa shape index (κ2) is 21.3. The minimum absolute atomic E-state index is 0.133. The number of pyridine rings is 1. The van der Waals surface area contributed by atoms with Crippen LogP contribution in [0.15, 0.2) is 55.0 Å². The van der Waals surface area contributed by atoms with Gasteiger partial charge in [0.25, 0.3) is 0 Å². The molecule has 43 heavy (non-hydrogen) atoms. The Bertz CT molecular complexity index is 1170. The van der Waals surface area contributed by atoms with Crippen LogP contribution < -0.4 is 16.4 Å². The van der Waals surface area contributed by atoms with E-state index in [-0.39, 0.29) is 5.91 Å². The normalized spacial score (nSPS) is 11.5. The predicted octanol–water partition coefficient (Wildman–Crippen LogP) is 5.77. The average Bonchev–Trinajstić information content (AvgIpc) is 3.00. The Morgan fingerprint density at radius 2 is 1.81 bits per heavy atom. The minimum Gasteiger partial charge on any atom is -0.381 e. The van der Waals surface area contributed by atoms with Crippen LogP contribution in [0.4, 0.5) is 11.5 Å². The summed E-state index contributed by atoms with van der Waals surface area (Å²) in [5, 5.41) is 6.33. The van der Waals surface area contributed by atoms with Crippen molar-refractivity contribution in [2.45, 2.75) is 66.7 Å². The van der Waals surface area contributed by atoms with Gasteiger partial charge in [-0.15, -0.1) is 0 Å². The van der Waals surface area contributed by atoms with Crippen molar-refractivity contribution in [3.05, 3.63) is 66.4 Å². The lowest BCUT2D eigenvalue weighted by atomic mass is 10.1. The summed E-state index contributed by atoms with van der Waals surface area (Å²) >= 11 is 0. The molecule has 2 aromatic heterocycles. The Kier molecular flexibility index (Phi) is 17.7. The third-order valence-corrected chi connectivity index (χ3v) is 6.71. The van der Waals surface area contributed by atoms with Crippen LogP contribution in [0.2, 0.25) is 0 Å². The zero-order chi connectivity index (χ0) is 31.3. The van der Waals surface area contributed by atoms with E-state index in [1.165, 1.54) is 5.56 Å². The molecule has 0 radical (unpaired) electrons. The van der Waals surface area contributed by atoms with Crippen LogP contribution in [0.3, 0.4) is 0 Å². The topological polar surface area (TPSA) is 118 Å². The molecule has 9 nitrogen and oxygen atoms in total. The Labute approximate surface area is 259 Å². The second-order valence-electron chi connectivity index (χ2n) is 10.9. The molecule has 0 saturated heterocycles. The number of rotatable bonds is 18. The third-order valence-electron chi connectivity index (χ3n) is 6.71. The Hall–Kier alpha value is -3.40. The molecule has 3 aromatic rings. The van der Waals surface area contributed by atoms with E-state index in [1.54, 1.807) is 6.20 Å². The number of hydrogen-bond acceptors (Lipinski definition) is 8. The predicted molar refractivity (Wildman–Crippen MR) is 177 cm³/mol. The number of anilines is 2. The summed E-state index contributed by atoms with van der Waals surface area (Å²) in [6.45, 7) is 15.7. The summed E-state index contributed by atoms with van der Waals surface area (Å²) in [6, 6.07) is 12.3. The van der Waals surface area contributed by atoms with Gasteiger partial charge in [0.05, 0.1) is 13.2 Å². The highest BCUT2D eigenvalue weighted by Crippen LogP contribution is 2.22. The second-order valence-corrected chi connectivity index (χ2v) is 10.9. The number of nitrogens with zero attached hydrogens (tertiary/aromatic N) is 4. The molecule has 0 fully saturated rings. The molecule has 0 aliphatic rings. The largest absolute Gasteiger partial charge is 0.381 e. The van der Waals surface area contributed by atoms with Gasteiger partial charge in [0.1, 0.15) is 11.6 Å². The van der Waals surface area contributed by atoms with Crippen molar-refractivity contribution in [3.63, 3.8) is 0 Å². The van der Waals surface area contributed by atoms with Gasteiger partial charge in [-0.05, 0) is 87.0 Å². The number of hydrogen-bond donors (Lipinski definition) is 3. The maximum atomic E-state index is 11.9. The van der Waals surface area contributed by atoms with Crippen molar-refractivity contribution < 1.29 is 9.53 Å². The number of carbonyl (C=O) groups excluding carboxylic acids is 1. The molecule has 236 valence electrons. The first-order valence-corrected chi connectivity index (χ1v) is 15.8. The van der Waals surface area contributed by atoms with E-state index in [0.29, 0.717) is 19.0 Å². The first-order chi connectivity index (χ1) is 20.9. The summed E-state index contributed by atoms with van der Waals surface area (Å²) in [6.07, 6.45) is 10.6. The summed E-state index contributed by atoms with van der Waals surface area (Å²) < 4.78 is 5.59. The van der Waals surface area contributed by atoms with Gasteiger partial charge in [-0.3, -0.25) is 9.69 Å². The summed E-state index contributed by atoms with van der Waals surface area (Å²) in [5.74, 6) is 2.14. The number of benzene rings is 1. The SMILES string of the molecule is CCCCNC(=O)CN(CCC)CC(C)COCCCN.CCc1cccc(Nc2cc(-c3cnc(C)nc3)ccn2)c1. The van der Waals surface area contributed by atoms with E-state index in [1.807, 2.05) is 37.5 Å². The van der Waals surface area contributed by atoms with Gasteiger partial charge in [0.2, 0.25) is 5.91 Å². The zero-order valence-corrected chi connectivity index (χ0v) is 26.9. The van der Waals surface area contributed by atoms with Crippen molar-refractivity contribution >= 4 is 17.4 Å². The summed E-state index contributed by atoms with van der Waals surface area (Å²) in [7, 11) is 0. The van der Waals surface area contributed by atoms with Gasteiger partial charge in [-0.25, -0.2) is 15.0 Å². The van der Waals surface area contributed by atoms with Crippen molar-refractivity contribution in [2.75, 3.05) is 51.3 Å². The van der Waals surface area contributed by atoms with E-state index >= 15 is 0 Å². The van der Waals surface area contributed by atoms with E-state index in [0.717, 1.165) is 93.4 Å². The van der Waals surface area contributed by atoms with Crippen LogP contribution in [-0.2, 0) is 16.0 Å². The van der Waals surface area contributed by atoms with Crippen molar-refractivity contribution in [1.82, 2.24) is 25.2 Å². The van der Waals surface area contributed by atoms with Gasteiger partial charge in [0, 0.05) is 49.5 Å². The van der Waals surface area contributed by atoms with E-state index < -0.39 is 0 Å². The minimum atomic E-state index is 0.133. The molecular weight excluding hydrogens is 538 g/mol. The quantitative estimate of drug-likeness (QED) is 0.160. The lowest BCUT2D eigenvalue weighted by Crippen LogP contribution is -2.40. The first-order valence-electron chi connectivity index (χ1n) is 15.8. The fourth-order valence-electron chi connectivity index (χ4n) is 4.42. The number of ether oxygens (including phenoxy) is 1. The van der Waals surface area contributed by atoms with Crippen LogP contribution in [0.5, 0.6) is 0 Å². The molecule has 1 unspecified atom stereocenters. The monoisotopic (exact) mass is 591 g/mol. The molecule has 1 amide bonds. The first kappa shape index (κ1) is 35.8. The number of carbonyl (C=O) groups is 1. The fraction of sp³-hybridized carbons (Fsp3) is 0.529. The number of nitrogens with one attached hydrogen (secondary N) is 2. The maximum absolute atomic E-state index is 11.9. The molecule has 2 heterocycles. The molecule has 4 N–H and O–H groups in total. The number of aryl methyl sites for hydroxylation is 2. The van der Waals surface area contributed by atoms with E-state index in [2.05, 4.69) is 76.4 Å². The maximum Gasteiger partial charge on any atom is 0.234 e. The fourth-order valence-corrected chi connectivity index (χ4v) is 4.42. The molecule has 0 saturated carbocycles. The van der Waals surface area contributed by atoms with Gasteiger partial charge in [0.15, 0.2) is 0 Å².